The maximum atomic E-state index is 11.0. The second-order valence-electron chi connectivity index (χ2n) is 4.16. The third-order valence-electron chi connectivity index (χ3n) is 2.78. The Bertz CT molecular complexity index is 611. The molecule has 0 fully saturated rings. The summed E-state index contributed by atoms with van der Waals surface area (Å²) in [6.07, 6.45) is 0. The summed E-state index contributed by atoms with van der Waals surface area (Å²) in [6, 6.07) is 12.9. The molecule has 0 bridgehead atoms. The maximum Gasteiger partial charge on any atom is 0.248 e. The highest BCUT2D eigenvalue weighted by Gasteiger charge is 2.05. The van der Waals surface area contributed by atoms with Crippen molar-refractivity contribution in [1.29, 1.82) is 0 Å². The number of halogens is 1. The first-order chi connectivity index (χ1) is 9.61. The van der Waals surface area contributed by atoms with E-state index in [1.165, 1.54) is 0 Å². The lowest BCUT2D eigenvalue weighted by Crippen LogP contribution is -2.10. The van der Waals surface area contributed by atoms with Crippen LogP contribution < -0.4 is 10.5 Å². The van der Waals surface area contributed by atoms with Crippen LogP contribution in [-0.4, -0.2) is 24.2 Å². The molecule has 0 aliphatic carbocycles. The van der Waals surface area contributed by atoms with Gasteiger partial charge in [0.05, 0.1) is 10.2 Å². The third kappa shape index (κ3) is 3.49. The fraction of sp³-hybridized carbons (Fsp3) is 0.133. The van der Waals surface area contributed by atoms with Gasteiger partial charge in [-0.1, -0.05) is 18.2 Å². The van der Waals surface area contributed by atoms with Crippen molar-refractivity contribution in [2.24, 2.45) is 5.73 Å². The molecule has 2 aromatic rings. The van der Waals surface area contributed by atoms with Crippen molar-refractivity contribution in [1.82, 2.24) is 0 Å². The van der Waals surface area contributed by atoms with Gasteiger partial charge in [0, 0.05) is 5.56 Å². The normalized spacial score (nSPS) is 10.3. The molecule has 0 saturated heterocycles. The second kappa shape index (κ2) is 6.71. The van der Waals surface area contributed by atoms with Crippen molar-refractivity contribution in [2.75, 3.05) is 13.2 Å². The SMILES string of the molecule is NC(=O)c1ccc(-c2ccc(OCCO)c(I)c2)cc1. The highest BCUT2D eigenvalue weighted by atomic mass is 127. The van der Waals surface area contributed by atoms with Crippen molar-refractivity contribution in [2.45, 2.75) is 0 Å². The fourth-order valence-electron chi connectivity index (χ4n) is 1.78. The summed E-state index contributed by atoms with van der Waals surface area (Å²) in [6.45, 7) is 0.273. The minimum Gasteiger partial charge on any atom is -0.490 e. The Morgan fingerprint density at radius 3 is 2.35 bits per heavy atom. The van der Waals surface area contributed by atoms with Crippen LogP contribution in [0, 0.1) is 3.57 Å². The summed E-state index contributed by atoms with van der Waals surface area (Å²) >= 11 is 2.19. The molecule has 0 aliphatic rings. The molecule has 4 nitrogen and oxygen atoms in total. The van der Waals surface area contributed by atoms with E-state index in [4.69, 9.17) is 15.6 Å². The van der Waals surface area contributed by atoms with Crippen molar-refractivity contribution in [3.05, 3.63) is 51.6 Å². The lowest BCUT2D eigenvalue weighted by molar-refractivity contribution is 0.100. The van der Waals surface area contributed by atoms with E-state index in [2.05, 4.69) is 22.6 Å². The molecule has 2 aromatic carbocycles. The van der Waals surface area contributed by atoms with Crippen LogP contribution in [0.25, 0.3) is 11.1 Å². The molecule has 5 heteroatoms. The largest absolute Gasteiger partial charge is 0.490 e. The molecule has 0 radical (unpaired) electrons. The van der Waals surface area contributed by atoms with Gasteiger partial charge >= 0.3 is 0 Å². The van der Waals surface area contributed by atoms with E-state index in [9.17, 15) is 4.79 Å². The zero-order chi connectivity index (χ0) is 14.5. The highest BCUT2D eigenvalue weighted by Crippen LogP contribution is 2.28. The van der Waals surface area contributed by atoms with Crippen LogP contribution in [0.2, 0.25) is 0 Å². The molecule has 0 aromatic heterocycles. The Morgan fingerprint density at radius 2 is 1.80 bits per heavy atom. The minimum atomic E-state index is -0.432. The number of aliphatic hydroxyl groups is 1. The Balaban J connectivity index is 2.24. The van der Waals surface area contributed by atoms with Gasteiger partial charge in [-0.15, -0.1) is 0 Å². The van der Waals surface area contributed by atoms with Crippen molar-refractivity contribution >= 4 is 28.5 Å². The number of amides is 1. The highest BCUT2D eigenvalue weighted by molar-refractivity contribution is 14.1. The van der Waals surface area contributed by atoms with E-state index in [1.54, 1.807) is 12.1 Å². The predicted octanol–water partition coefficient (Wildman–Crippen LogP) is 2.43. The molecule has 0 unspecified atom stereocenters. The van der Waals surface area contributed by atoms with E-state index >= 15 is 0 Å². The van der Waals surface area contributed by atoms with E-state index in [0.29, 0.717) is 5.56 Å². The number of hydrogen-bond acceptors (Lipinski definition) is 3. The zero-order valence-electron chi connectivity index (χ0n) is 10.7. The van der Waals surface area contributed by atoms with Gasteiger partial charge in [-0.3, -0.25) is 4.79 Å². The summed E-state index contributed by atoms with van der Waals surface area (Å²) in [5, 5.41) is 8.76. The van der Waals surface area contributed by atoms with Gasteiger partial charge in [-0.2, -0.15) is 0 Å². The van der Waals surface area contributed by atoms with Crippen molar-refractivity contribution < 1.29 is 14.6 Å². The molecule has 0 spiro atoms. The first-order valence-electron chi connectivity index (χ1n) is 6.05. The number of nitrogens with two attached hydrogens (primary N) is 1. The van der Waals surface area contributed by atoms with Crippen LogP contribution in [0.5, 0.6) is 5.75 Å². The van der Waals surface area contributed by atoms with E-state index in [-0.39, 0.29) is 13.2 Å². The third-order valence-corrected chi connectivity index (χ3v) is 3.63. The van der Waals surface area contributed by atoms with Crippen LogP contribution in [-0.2, 0) is 0 Å². The molecule has 0 atom stereocenters. The second-order valence-corrected chi connectivity index (χ2v) is 5.32. The minimum absolute atomic E-state index is 0.00753. The summed E-state index contributed by atoms with van der Waals surface area (Å²) < 4.78 is 6.37. The van der Waals surface area contributed by atoms with E-state index in [0.717, 1.165) is 20.4 Å². The van der Waals surface area contributed by atoms with Gasteiger partial charge in [0.2, 0.25) is 5.91 Å². The Kier molecular flexibility index (Phi) is 4.97. The molecule has 20 heavy (non-hydrogen) atoms. The van der Waals surface area contributed by atoms with Gasteiger partial charge in [-0.05, 0) is 58.0 Å². The molecular weight excluding hydrogens is 369 g/mol. The molecule has 2 rings (SSSR count). The summed E-state index contributed by atoms with van der Waals surface area (Å²) in [5.41, 5.74) is 7.74. The number of aliphatic hydroxyl groups excluding tert-OH is 1. The predicted molar refractivity (Wildman–Crippen MR) is 85.7 cm³/mol. The molecule has 1 amide bonds. The molecule has 104 valence electrons. The first kappa shape index (κ1) is 14.8. The van der Waals surface area contributed by atoms with Gasteiger partial charge < -0.3 is 15.6 Å². The first-order valence-corrected chi connectivity index (χ1v) is 7.13. The number of rotatable bonds is 5. The summed E-state index contributed by atoms with van der Waals surface area (Å²) in [7, 11) is 0. The Labute approximate surface area is 130 Å². The molecule has 0 saturated carbocycles. The van der Waals surface area contributed by atoms with Crippen LogP contribution in [0.4, 0.5) is 0 Å². The average molecular weight is 383 g/mol. The fourth-order valence-corrected chi connectivity index (χ4v) is 2.45. The number of ether oxygens (including phenoxy) is 1. The smallest absolute Gasteiger partial charge is 0.248 e. The lowest BCUT2D eigenvalue weighted by atomic mass is 10.0. The summed E-state index contributed by atoms with van der Waals surface area (Å²) in [4.78, 5) is 11.0. The van der Waals surface area contributed by atoms with Gasteiger partial charge in [0.15, 0.2) is 0 Å². The standard InChI is InChI=1S/C15H14INO3/c16-13-9-12(5-6-14(13)20-8-7-18)10-1-3-11(4-2-10)15(17)19/h1-6,9,18H,7-8H2,(H2,17,19). The zero-order valence-corrected chi connectivity index (χ0v) is 12.8. The molecular formula is C15H14INO3. The van der Waals surface area contributed by atoms with Gasteiger partial charge in [0.1, 0.15) is 12.4 Å². The van der Waals surface area contributed by atoms with Crippen molar-refractivity contribution in [3.63, 3.8) is 0 Å². The number of carbonyl (C=O) groups is 1. The summed E-state index contributed by atoms with van der Waals surface area (Å²) in [5.74, 6) is 0.316. The van der Waals surface area contributed by atoms with Crippen LogP contribution in [0.1, 0.15) is 10.4 Å². The maximum absolute atomic E-state index is 11.0. The van der Waals surface area contributed by atoms with Gasteiger partial charge in [0.25, 0.3) is 0 Å². The number of primary amides is 1. The van der Waals surface area contributed by atoms with Crippen LogP contribution >= 0.6 is 22.6 Å². The molecule has 3 N–H and O–H groups in total. The average Bonchev–Trinajstić information content (AvgIpc) is 2.46. The molecule has 0 heterocycles. The molecule has 0 aliphatic heterocycles. The van der Waals surface area contributed by atoms with E-state index < -0.39 is 5.91 Å². The number of benzene rings is 2. The quantitative estimate of drug-likeness (QED) is 0.780. The van der Waals surface area contributed by atoms with Gasteiger partial charge in [-0.25, -0.2) is 0 Å². The topological polar surface area (TPSA) is 72.6 Å². The lowest BCUT2D eigenvalue weighted by Gasteiger charge is -2.09. The van der Waals surface area contributed by atoms with Crippen LogP contribution in [0.15, 0.2) is 42.5 Å². The monoisotopic (exact) mass is 383 g/mol. The Hall–Kier alpha value is -1.60. The van der Waals surface area contributed by atoms with Crippen molar-refractivity contribution in [3.8, 4) is 16.9 Å². The Morgan fingerprint density at radius 1 is 1.15 bits per heavy atom. The van der Waals surface area contributed by atoms with E-state index in [1.807, 2.05) is 30.3 Å². The number of carbonyl (C=O) groups excluding carboxylic acids is 1. The number of hydrogen-bond donors (Lipinski definition) is 2. The van der Waals surface area contributed by atoms with Crippen LogP contribution in [0.3, 0.4) is 0 Å².